The van der Waals surface area contributed by atoms with Crippen LogP contribution >= 0.6 is 0 Å². The van der Waals surface area contributed by atoms with Gasteiger partial charge in [-0.1, -0.05) is 20.8 Å². The van der Waals surface area contributed by atoms with Crippen LogP contribution in [0.15, 0.2) is 12.1 Å². The molecule has 0 unspecified atom stereocenters. The fourth-order valence-corrected chi connectivity index (χ4v) is 1.85. The Morgan fingerprint density at radius 2 is 1.67 bits per heavy atom. The van der Waals surface area contributed by atoms with Crippen LogP contribution in [-0.4, -0.2) is 20.0 Å². The van der Waals surface area contributed by atoms with Crippen molar-refractivity contribution in [3.8, 4) is 11.5 Å². The van der Waals surface area contributed by atoms with Gasteiger partial charge in [-0.2, -0.15) is 0 Å². The van der Waals surface area contributed by atoms with Gasteiger partial charge in [-0.15, -0.1) is 0 Å². The van der Waals surface area contributed by atoms with Crippen LogP contribution in [0.4, 0.5) is 0 Å². The Bertz CT molecular complexity index is 442. The first-order valence-corrected chi connectivity index (χ1v) is 6.04. The predicted molar refractivity (Wildman–Crippen MR) is 72.7 cm³/mol. The van der Waals surface area contributed by atoms with E-state index in [-0.39, 0.29) is 11.2 Å². The van der Waals surface area contributed by atoms with Gasteiger partial charge in [0, 0.05) is 6.42 Å². The molecule has 3 heteroatoms. The molecule has 0 aromatic heterocycles. The summed E-state index contributed by atoms with van der Waals surface area (Å²) in [6.07, 6.45) is 0.482. The molecule has 1 aromatic rings. The van der Waals surface area contributed by atoms with E-state index in [1.165, 1.54) is 0 Å². The number of benzene rings is 1. The Morgan fingerprint density at radius 3 is 2.11 bits per heavy atom. The zero-order chi connectivity index (χ0) is 13.9. The number of rotatable bonds is 4. The Balaban J connectivity index is 3.17. The number of ether oxygens (including phenoxy) is 2. The summed E-state index contributed by atoms with van der Waals surface area (Å²) in [7, 11) is 3.18. The van der Waals surface area contributed by atoms with Gasteiger partial charge in [-0.25, -0.2) is 0 Å². The first kappa shape index (κ1) is 14.6. The molecule has 0 bridgehead atoms. The highest BCUT2D eigenvalue weighted by Gasteiger charge is 2.21. The maximum atomic E-state index is 12.3. The van der Waals surface area contributed by atoms with Gasteiger partial charge >= 0.3 is 0 Å². The molecule has 0 saturated carbocycles. The quantitative estimate of drug-likeness (QED) is 0.765. The van der Waals surface area contributed by atoms with E-state index < -0.39 is 0 Å². The monoisotopic (exact) mass is 250 g/mol. The molecule has 0 N–H and O–H groups in total. The molecule has 0 aliphatic heterocycles. The van der Waals surface area contributed by atoms with E-state index in [9.17, 15) is 4.79 Å². The summed E-state index contributed by atoms with van der Waals surface area (Å²) >= 11 is 0. The highest BCUT2D eigenvalue weighted by Crippen LogP contribution is 2.31. The molecule has 0 atom stereocenters. The molecular formula is C15H22O3. The minimum atomic E-state index is -0.0415. The van der Waals surface area contributed by atoms with Crippen molar-refractivity contribution in [2.24, 2.45) is 5.41 Å². The third-order valence-corrected chi connectivity index (χ3v) is 2.71. The van der Waals surface area contributed by atoms with Crippen LogP contribution in [0, 0.1) is 12.3 Å². The van der Waals surface area contributed by atoms with Crippen molar-refractivity contribution in [1.29, 1.82) is 0 Å². The number of methoxy groups -OCH3 is 2. The second kappa shape index (κ2) is 5.42. The van der Waals surface area contributed by atoms with Crippen LogP contribution in [0.1, 0.15) is 43.1 Å². The van der Waals surface area contributed by atoms with Gasteiger partial charge in [-0.3, -0.25) is 4.79 Å². The van der Waals surface area contributed by atoms with Crippen molar-refractivity contribution in [3.05, 3.63) is 23.3 Å². The van der Waals surface area contributed by atoms with Crippen molar-refractivity contribution in [1.82, 2.24) is 0 Å². The first-order valence-electron chi connectivity index (χ1n) is 6.04. The summed E-state index contributed by atoms with van der Waals surface area (Å²) in [5, 5.41) is 0. The Hall–Kier alpha value is -1.51. The summed E-state index contributed by atoms with van der Waals surface area (Å²) < 4.78 is 10.5. The summed E-state index contributed by atoms with van der Waals surface area (Å²) in [5.74, 6) is 1.41. The second-order valence-corrected chi connectivity index (χ2v) is 5.68. The minimum absolute atomic E-state index is 0.0415. The van der Waals surface area contributed by atoms with Gasteiger partial charge in [-0.05, 0) is 30.0 Å². The number of Topliss-reactive ketones (excluding diaryl/α,β-unsaturated/α-hetero) is 1. The van der Waals surface area contributed by atoms with E-state index in [0.717, 1.165) is 5.56 Å². The van der Waals surface area contributed by atoms with Gasteiger partial charge in [0.25, 0.3) is 0 Å². The highest BCUT2D eigenvalue weighted by atomic mass is 16.5. The summed E-state index contributed by atoms with van der Waals surface area (Å²) in [5.41, 5.74) is 1.51. The second-order valence-electron chi connectivity index (χ2n) is 5.68. The van der Waals surface area contributed by atoms with Crippen molar-refractivity contribution < 1.29 is 14.3 Å². The summed E-state index contributed by atoms with van der Waals surface area (Å²) in [6.45, 7) is 8.06. The van der Waals surface area contributed by atoms with Crippen LogP contribution in [-0.2, 0) is 0 Å². The normalized spacial score (nSPS) is 11.2. The molecule has 0 radical (unpaired) electrons. The fraction of sp³-hybridized carbons (Fsp3) is 0.533. The molecule has 0 amide bonds. The Labute approximate surface area is 109 Å². The molecule has 0 spiro atoms. The topological polar surface area (TPSA) is 35.5 Å². The van der Waals surface area contributed by atoms with Crippen molar-refractivity contribution in [2.45, 2.75) is 34.1 Å². The Kier molecular flexibility index (Phi) is 4.38. The van der Waals surface area contributed by atoms with Crippen molar-refractivity contribution in [2.75, 3.05) is 14.2 Å². The zero-order valence-corrected chi connectivity index (χ0v) is 12.1. The highest BCUT2D eigenvalue weighted by molar-refractivity contribution is 5.99. The minimum Gasteiger partial charge on any atom is -0.496 e. The molecule has 0 aliphatic rings. The number of hydrogen-bond acceptors (Lipinski definition) is 3. The first-order chi connectivity index (χ1) is 8.28. The molecule has 0 aliphatic carbocycles. The van der Waals surface area contributed by atoms with Gasteiger partial charge in [0.1, 0.15) is 11.5 Å². The number of ketones is 1. The predicted octanol–water partition coefficient (Wildman–Crippen LogP) is 3.63. The number of carbonyl (C=O) groups is 1. The zero-order valence-electron chi connectivity index (χ0n) is 12.1. The number of hydrogen-bond donors (Lipinski definition) is 0. The van der Waals surface area contributed by atoms with Crippen LogP contribution in [0.25, 0.3) is 0 Å². The average molecular weight is 250 g/mol. The van der Waals surface area contributed by atoms with E-state index in [1.807, 2.05) is 33.8 Å². The average Bonchev–Trinajstić information content (AvgIpc) is 2.26. The van der Waals surface area contributed by atoms with Crippen LogP contribution in [0.5, 0.6) is 11.5 Å². The lowest BCUT2D eigenvalue weighted by Gasteiger charge is -2.18. The van der Waals surface area contributed by atoms with Gasteiger partial charge in [0.05, 0.1) is 19.8 Å². The molecular weight excluding hydrogens is 228 g/mol. The summed E-state index contributed by atoms with van der Waals surface area (Å²) in [4.78, 5) is 12.3. The van der Waals surface area contributed by atoms with Crippen LogP contribution in [0.2, 0.25) is 0 Å². The third-order valence-electron chi connectivity index (χ3n) is 2.71. The molecule has 0 heterocycles. The molecule has 0 saturated heterocycles. The smallest absolute Gasteiger partial charge is 0.167 e. The van der Waals surface area contributed by atoms with Crippen molar-refractivity contribution >= 4 is 5.78 Å². The molecule has 3 nitrogen and oxygen atoms in total. The van der Waals surface area contributed by atoms with E-state index in [4.69, 9.17) is 9.47 Å². The maximum absolute atomic E-state index is 12.3. The lowest BCUT2D eigenvalue weighted by Crippen LogP contribution is -2.14. The fourth-order valence-electron chi connectivity index (χ4n) is 1.85. The maximum Gasteiger partial charge on any atom is 0.167 e. The van der Waals surface area contributed by atoms with Crippen LogP contribution in [0.3, 0.4) is 0 Å². The Morgan fingerprint density at radius 1 is 1.11 bits per heavy atom. The van der Waals surface area contributed by atoms with E-state index in [1.54, 1.807) is 20.3 Å². The lowest BCUT2D eigenvalue weighted by atomic mass is 9.87. The molecule has 100 valence electrons. The van der Waals surface area contributed by atoms with E-state index in [2.05, 4.69) is 0 Å². The van der Waals surface area contributed by atoms with Crippen molar-refractivity contribution in [3.63, 3.8) is 0 Å². The number of carbonyl (C=O) groups excluding carboxylic acids is 1. The third kappa shape index (κ3) is 3.49. The molecule has 1 aromatic carbocycles. The lowest BCUT2D eigenvalue weighted by molar-refractivity contribution is 0.0936. The largest absolute Gasteiger partial charge is 0.496 e. The van der Waals surface area contributed by atoms with Crippen LogP contribution < -0.4 is 9.47 Å². The van der Waals surface area contributed by atoms with E-state index in [0.29, 0.717) is 23.5 Å². The molecule has 0 fully saturated rings. The van der Waals surface area contributed by atoms with Gasteiger partial charge in [0.2, 0.25) is 0 Å². The number of aryl methyl sites for hydroxylation is 1. The van der Waals surface area contributed by atoms with Gasteiger partial charge in [0.15, 0.2) is 5.78 Å². The standard InChI is InChI=1S/C15H22O3/c1-10-7-14(18-6)11(8-13(10)17-5)12(16)9-15(2,3)4/h7-8H,9H2,1-6H3. The SMILES string of the molecule is COc1cc(C(=O)CC(C)(C)C)c(OC)cc1C. The summed E-state index contributed by atoms with van der Waals surface area (Å²) in [6, 6.07) is 3.61. The molecule has 18 heavy (non-hydrogen) atoms. The van der Waals surface area contributed by atoms with E-state index >= 15 is 0 Å². The van der Waals surface area contributed by atoms with Gasteiger partial charge < -0.3 is 9.47 Å². The molecule has 1 rings (SSSR count).